The lowest BCUT2D eigenvalue weighted by molar-refractivity contribution is 0.260. The topological polar surface area (TPSA) is 48.1 Å². The quantitative estimate of drug-likeness (QED) is 0.671. The second-order valence-electron chi connectivity index (χ2n) is 8.26. The highest BCUT2D eigenvalue weighted by atomic mass is 16.5. The largest absolute Gasteiger partial charge is 0.497 e. The van der Waals surface area contributed by atoms with E-state index in [9.17, 15) is 0 Å². The number of benzene rings is 1. The molecule has 0 atom stereocenters. The van der Waals surface area contributed by atoms with Crippen LogP contribution in [0.5, 0.6) is 5.75 Å². The zero-order valence-corrected chi connectivity index (χ0v) is 17.8. The molecule has 6 heteroatoms. The van der Waals surface area contributed by atoms with Gasteiger partial charge in [-0.1, -0.05) is 17.7 Å². The fraction of sp³-hybridized carbons (Fsp3) is 0.417. The maximum absolute atomic E-state index is 5.26. The van der Waals surface area contributed by atoms with Gasteiger partial charge in [-0.3, -0.25) is 0 Å². The SMILES string of the molecule is COc1ccc(CCN2CCC(=C3c4ccn(C)c4CCn4ncnc43)CC2)cc1. The number of hydrogen-bond acceptors (Lipinski definition) is 4. The summed E-state index contributed by atoms with van der Waals surface area (Å²) < 4.78 is 9.60. The van der Waals surface area contributed by atoms with Crippen molar-refractivity contribution in [1.29, 1.82) is 0 Å². The minimum Gasteiger partial charge on any atom is -0.497 e. The lowest BCUT2D eigenvalue weighted by Gasteiger charge is -2.29. The van der Waals surface area contributed by atoms with Gasteiger partial charge in [0.2, 0.25) is 0 Å². The predicted octanol–water partition coefficient (Wildman–Crippen LogP) is 3.32. The number of ether oxygens (including phenoxy) is 1. The molecule has 0 N–H and O–H groups in total. The summed E-state index contributed by atoms with van der Waals surface area (Å²) in [4.78, 5) is 7.24. The molecule has 30 heavy (non-hydrogen) atoms. The van der Waals surface area contributed by atoms with Crippen LogP contribution in [-0.2, 0) is 26.4 Å². The Hall–Kier alpha value is -2.86. The molecule has 4 heterocycles. The van der Waals surface area contributed by atoms with Gasteiger partial charge >= 0.3 is 0 Å². The fourth-order valence-corrected chi connectivity index (χ4v) is 4.78. The van der Waals surface area contributed by atoms with Crippen molar-refractivity contribution in [1.82, 2.24) is 24.2 Å². The van der Waals surface area contributed by atoms with Crippen LogP contribution < -0.4 is 4.74 Å². The Balaban J connectivity index is 1.32. The highest BCUT2D eigenvalue weighted by molar-refractivity contribution is 5.81. The summed E-state index contributed by atoms with van der Waals surface area (Å²) in [5.74, 6) is 1.96. The molecule has 156 valence electrons. The van der Waals surface area contributed by atoms with E-state index in [1.54, 1.807) is 13.4 Å². The second-order valence-corrected chi connectivity index (χ2v) is 8.26. The van der Waals surface area contributed by atoms with Crippen molar-refractivity contribution in [3.63, 3.8) is 0 Å². The minimum atomic E-state index is 0.894. The first kappa shape index (κ1) is 19.1. The van der Waals surface area contributed by atoms with Crippen LogP contribution in [0.1, 0.15) is 35.5 Å². The molecular weight excluding hydrogens is 374 g/mol. The van der Waals surface area contributed by atoms with Gasteiger partial charge in [-0.2, -0.15) is 5.10 Å². The van der Waals surface area contributed by atoms with E-state index in [0.29, 0.717) is 0 Å². The standard InChI is InChI=1S/C24H29N5O/c1-27-12-10-21-22(27)11-16-29-24(25-17-26-29)23(21)19-8-14-28(15-9-19)13-7-18-3-5-20(30-2)6-4-18/h3-6,10,12,17H,7-9,11,13-16H2,1-2H3. The molecule has 1 aromatic carbocycles. The molecule has 0 unspecified atom stereocenters. The Kier molecular flexibility index (Phi) is 5.17. The van der Waals surface area contributed by atoms with Crippen molar-refractivity contribution in [2.45, 2.75) is 32.2 Å². The molecule has 0 aliphatic carbocycles. The number of fused-ring (bicyclic) bond motifs is 2. The Labute approximate surface area is 177 Å². The number of likely N-dealkylation sites (tertiary alicyclic amines) is 1. The molecule has 6 nitrogen and oxygen atoms in total. The van der Waals surface area contributed by atoms with Crippen molar-refractivity contribution >= 4 is 5.57 Å². The lowest BCUT2D eigenvalue weighted by atomic mass is 9.92. The molecule has 0 saturated carbocycles. The Bertz CT molecular complexity index is 1050. The summed E-state index contributed by atoms with van der Waals surface area (Å²) >= 11 is 0. The van der Waals surface area contributed by atoms with Crippen molar-refractivity contribution in [2.24, 2.45) is 7.05 Å². The van der Waals surface area contributed by atoms with Gasteiger partial charge in [0.25, 0.3) is 0 Å². The molecule has 2 aliphatic heterocycles. The van der Waals surface area contributed by atoms with Crippen LogP contribution in [0.4, 0.5) is 0 Å². The molecule has 0 amide bonds. The third-order valence-electron chi connectivity index (χ3n) is 6.56. The fourth-order valence-electron chi connectivity index (χ4n) is 4.78. The first-order valence-corrected chi connectivity index (χ1v) is 10.8. The van der Waals surface area contributed by atoms with Gasteiger partial charge in [0, 0.05) is 62.7 Å². The molecule has 0 spiro atoms. The zero-order chi connectivity index (χ0) is 20.5. The molecule has 1 saturated heterocycles. The van der Waals surface area contributed by atoms with Gasteiger partial charge < -0.3 is 14.2 Å². The normalized spacial score (nSPS) is 16.9. The number of methoxy groups -OCH3 is 1. The van der Waals surface area contributed by atoms with Gasteiger partial charge in [0.15, 0.2) is 5.82 Å². The summed E-state index contributed by atoms with van der Waals surface area (Å²) in [6, 6.07) is 10.7. The van der Waals surface area contributed by atoms with Crippen LogP contribution in [0, 0.1) is 0 Å². The van der Waals surface area contributed by atoms with Crippen LogP contribution in [0.3, 0.4) is 0 Å². The average molecular weight is 404 g/mol. The van der Waals surface area contributed by atoms with Crippen molar-refractivity contribution in [3.8, 4) is 5.75 Å². The van der Waals surface area contributed by atoms with Gasteiger partial charge in [0.1, 0.15) is 12.1 Å². The van der Waals surface area contributed by atoms with Crippen molar-refractivity contribution in [2.75, 3.05) is 26.7 Å². The molecule has 1 fully saturated rings. The van der Waals surface area contributed by atoms with Crippen molar-refractivity contribution in [3.05, 3.63) is 71.1 Å². The molecule has 0 bridgehead atoms. The molecule has 0 radical (unpaired) electrons. The van der Waals surface area contributed by atoms with Gasteiger partial charge in [-0.05, 0) is 43.0 Å². The van der Waals surface area contributed by atoms with Crippen LogP contribution in [-0.4, -0.2) is 51.0 Å². The van der Waals surface area contributed by atoms with E-state index < -0.39 is 0 Å². The van der Waals surface area contributed by atoms with E-state index in [1.165, 1.54) is 28.0 Å². The highest BCUT2D eigenvalue weighted by Gasteiger charge is 2.26. The first-order chi connectivity index (χ1) is 14.7. The highest BCUT2D eigenvalue weighted by Crippen LogP contribution is 2.35. The number of piperidine rings is 1. The number of aromatic nitrogens is 4. The molecule has 2 aliphatic rings. The van der Waals surface area contributed by atoms with E-state index in [-0.39, 0.29) is 0 Å². The Morgan fingerprint density at radius 3 is 2.57 bits per heavy atom. The third kappa shape index (κ3) is 3.56. The smallest absolute Gasteiger partial charge is 0.158 e. The van der Waals surface area contributed by atoms with E-state index in [2.05, 4.69) is 55.7 Å². The minimum absolute atomic E-state index is 0.894. The van der Waals surface area contributed by atoms with Crippen LogP contribution in [0.2, 0.25) is 0 Å². The number of aryl methyl sites for hydroxylation is 2. The molecule has 5 rings (SSSR count). The van der Waals surface area contributed by atoms with Crippen LogP contribution in [0.25, 0.3) is 5.57 Å². The van der Waals surface area contributed by atoms with Gasteiger partial charge in [-0.25, -0.2) is 9.67 Å². The first-order valence-electron chi connectivity index (χ1n) is 10.8. The number of nitrogens with zero attached hydrogens (tertiary/aromatic N) is 5. The summed E-state index contributed by atoms with van der Waals surface area (Å²) in [5.41, 5.74) is 6.97. The van der Waals surface area contributed by atoms with E-state index in [0.717, 1.165) is 63.4 Å². The van der Waals surface area contributed by atoms with E-state index >= 15 is 0 Å². The van der Waals surface area contributed by atoms with Gasteiger partial charge in [0.05, 0.1) is 7.11 Å². The summed E-state index contributed by atoms with van der Waals surface area (Å²) in [6.07, 6.45) is 8.15. The maximum atomic E-state index is 5.26. The predicted molar refractivity (Wildman–Crippen MR) is 118 cm³/mol. The number of hydrogen-bond donors (Lipinski definition) is 0. The van der Waals surface area contributed by atoms with Crippen LogP contribution in [0.15, 0.2) is 48.4 Å². The third-order valence-corrected chi connectivity index (χ3v) is 6.56. The molecule has 2 aromatic heterocycles. The summed E-state index contributed by atoms with van der Waals surface area (Å²) in [6.45, 7) is 4.20. The maximum Gasteiger partial charge on any atom is 0.158 e. The Morgan fingerprint density at radius 2 is 1.80 bits per heavy atom. The number of rotatable bonds is 4. The average Bonchev–Trinajstić information content (AvgIpc) is 3.35. The zero-order valence-electron chi connectivity index (χ0n) is 17.8. The van der Waals surface area contributed by atoms with Gasteiger partial charge in [-0.15, -0.1) is 0 Å². The van der Waals surface area contributed by atoms with Crippen LogP contribution >= 0.6 is 0 Å². The molecular formula is C24H29N5O. The monoisotopic (exact) mass is 403 g/mol. The molecule has 3 aromatic rings. The summed E-state index contributed by atoms with van der Waals surface area (Å²) in [5, 5.41) is 4.49. The lowest BCUT2D eigenvalue weighted by Crippen LogP contribution is -2.33. The Morgan fingerprint density at radius 1 is 1.00 bits per heavy atom. The second kappa shape index (κ2) is 8.11. The van der Waals surface area contributed by atoms with Crippen molar-refractivity contribution < 1.29 is 4.74 Å². The summed E-state index contributed by atoms with van der Waals surface area (Å²) in [7, 11) is 3.86. The van der Waals surface area contributed by atoms with E-state index in [4.69, 9.17) is 4.74 Å². The van der Waals surface area contributed by atoms with E-state index in [1.807, 2.05) is 12.1 Å².